The van der Waals surface area contributed by atoms with Crippen LogP contribution in [0.5, 0.6) is 0 Å². The molecule has 0 aromatic heterocycles. The van der Waals surface area contributed by atoms with E-state index in [1.807, 2.05) is 0 Å². The molecule has 0 spiro atoms. The summed E-state index contributed by atoms with van der Waals surface area (Å²) in [6, 6.07) is 0.504. The van der Waals surface area contributed by atoms with Crippen LogP contribution in [0.2, 0.25) is 0 Å². The van der Waals surface area contributed by atoms with Gasteiger partial charge in [-0.15, -0.1) is 0 Å². The van der Waals surface area contributed by atoms with Crippen LogP contribution in [0.25, 0.3) is 0 Å². The highest BCUT2D eigenvalue weighted by molar-refractivity contribution is 7.57. The summed E-state index contributed by atoms with van der Waals surface area (Å²) in [4.78, 5) is 7.48. The highest BCUT2D eigenvalue weighted by Crippen LogP contribution is 2.47. The Kier molecular flexibility index (Phi) is 8.61. The Morgan fingerprint density at radius 2 is 0.605 bits per heavy atom. The van der Waals surface area contributed by atoms with Crippen molar-refractivity contribution in [1.29, 1.82) is 0 Å². The van der Waals surface area contributed by atoms with Gasteiger partial charge in [0.1, 0.15) is 0 Å². The van der Waals surface area contributed by atoms with Crippen molar-refractivity contribution in [2.45, 2.75) is 173 Å². The maximum Gasteiger partial charge on any atom is 0.279 e. The third-order valence-electron chi connectivity index (χ3n) is 11.0. The van der Waals surface area contributed by atoms with E-state index >= 15 is 4.57 Å². The molecule has 8 heteroatoms. The number of hydrogen-bond donors (Lipinski definition) is 3. The summed E-state index contributed by atoms with van der Waals surface area (Å²) in [6.45, 7) is 27.8. The van der Waals surface area contributed by atoms with E-state index in [4.69, 9.17) is 0 Å². The SMILES string of the molecule is CN1C(C)(C)CC(NP(=O)(NC2CC(C)(C)N(C)C(C)(C)C2)NC2CC(C)(C)N(C)C(C)(C)C2)CC1(C)C. The number of nitrogens with zero attached hydrogens (tertiary/aromatic N) is 3. The lowest BCUT2D eigenvalue weighted by molar-refractivity contribution is -0.0180. The summed E-state index contributed by atoms with van der Waals surface area (Å²) < 4.78 is 15.2. The molecule has 0 aliphatic carbocycles. The smallest absolute Gasteiger partial charge is 0.279 e. The Labute approximate surface area is 236 Å². The second-order valence-corrected chi connectivity index (χ2v) is 18.9. The predicted molar refractivity (Wildman–Crippen MR) is 164 cm³/mol. The van der Waals surface area contributed by atoms with Crippen LogP contribution in [-0.2, 0) is 4.57 Å². The molecule has 0 aromatic carbocycles. The first-order valence-electron chi connectivity index (χ1n) is 15.0. The van der Waals surface area contributed by atoms with Gasteiger partial charge in [-0.2, -0.15) is 0 Å². The Hall–Kier alpha value is -0.0100. The molecule has 3 heterocycles. The van der Waals surface area contributed by atoms with E-state index in [0.29, 0.717) is 0 Å². The maximum absolute atomic E-state index is 15.2. The van der Waals surface area contributed by atoms with Gasteiger partial charge in [0.05, 0.1) is 0 Å². The van der Waals surface area contributed by atoms with E-state index in [1.165, 1.54) is 0 Å². The topological polar surface area (TPSA) is 62.9 Å². The normalized spacial score (nSPS) is 30.9. The lowest BCUT2D eigenvalue weighted by Gasteiger charge is -2.56. The van der Waals surface area contributed by atoms with E-state index < -0.39 is 7.59 Å². The zero-order valence-electron chi connectivity index (χ0n) is 27.7. The lowest BCUT2D eigenvalue weighted by Crippen LogP contribution is -2.65. The van der Waals surface area contributed by atoms with Crippen molar-refractivity contribution in [2.24, 2.45) is 0 Å². The number of nitrogens with one attached hydrogen (secondary N) is 3. The van der Waals surface area contributed by atoms with Crippen LogP contribution in [-0.4, -0.2) is 87.2 Å². The molecule has 0 unspecified atom stereocenters. The Bertz CT molecular complexity index is 742. The molecule has 3 aliphatic heterocycles. The number of rotatable bonds is 6. The first-order valence-corrected chi connectivity index (χ1v) is 16.7. The Balaban J connectivity index is 1.92. The second kappa shape index (κ2) is 10.1. The lowest BCUT2D eigenvalue weighted by atomic mass is 9.78. The van der Waals surface area contributed by atoms with Crippen molar-refractivity contribution >= 4 is 7.59 Å². The zero-order chi connectivity index (χ0) is 29.3. The third kappa shape index (κ3) is 6.72. The molecule has 0 bridgehead atoms. The molecule has 3 fully saturated rings. The highest BCUT2D eigenvalue weighted by atomic mass is 31.2. The van der Waals surface area contributed by atoms with Crippen LogP contribution in [0, 0.1) is 0 Å². The van der Waals surface area contributed by atoms with Crippen LogP contribution in [0.15, 0.2) is 0 Å². The molecule has 0 atom stereocenters. The van der Waals surface area contributed by atoms with Crippen LogP contribution in [0.4, 0.5) is 0 Å². The van der Waals surface area contributed by atoms with Crippen LogP contribution < -0.4 is 15.3 Å². The van der Waals surface area contributed by atoms with E-state index in [1.54, 1.807) is 0 Å². The van der Waals surface area contributed by atoms with Crippen molar-refractivity contribution < 1.29 is 4.57 Å². The minimum Gasteiger partial charge on any atom is -0.296 e. The molecule has 0 radical (unpaired) electrons. The molecule has 0 saturated carbocycles. The first kappa shape index (κ1) is 32.5. The van der Waals surface area contributed by atoms with Gasteiger partial charge in [0.2, 0.25) is 0 Å². The number of piperidine rings is 3. The third-order valence-corrected chi connectivity index (χ3v) is 13.2. The van der Waals surface area contributed by atoms with Gasteiger partial charge in [0, 0.05) is 51.4 Å². The van der Waals surface area contributed by atoms with Crippen molar-refractivity contribution in [3.8, 4) is 0 Å². The molecular formula is C30H63N6OP. The Morgan fingerprint density at radius 3 is 0.763 bits per heavy atom. The molecule has 38 heavy (non-hydrogen) atoms. The largest absolute Gasteiger partial charge is 0.296 e. The van der Waals surface area contributed by atoms with Crippen LogP contribution >= 0.6 is 7.59 Å². The van der Waals surface area contributed by atoms with Gasteiger partial charge in [-0.25, -0.2) is 15.3 Å². The van der Waals surface area contributed by atoms with Crippen molar-refractivity contribution in [3.05, 3.63) is 0 Å². The second-order valence-electron chi connectivity index (χ2n) is 16.9. The van der Waals surface area contributed by atoms with Crippen LogP contribution in [0.3, 0.4) is 0 Å². The van der Waals surface area contributed by atoms with E-state index in [9.17, 15) is 0 Å². The minimum atomic E-state index is -3.13. The molecule has 224 valence electrons. The van der Waals surface area contributed by atoms with Crippen molar-refractivity contribution in [2.75, 3.05) is 21.1 Å². The summed E-state index contributed by atoms with van der Waals surface area (Å²) in [6.07, 6.45) is 5.80. The molecule has 3 rings (SSSR count). The zero-order valence-corrected chi connectivity index (χ0v) is 28.6. The van der Waals surface area contributed by atoms with Gasteiger partial charge in [-0.05, 0) is 143 Å². The maximum atomic E-state index is 15.2. The first-order chi connectivity index (χ1) is 16.8. The molecule has 0 amide bonds. The van der Waals surface area contributed by atoms with E-state index in [-0.39, 0.29) is 51.4 Å². The van der Waals surface area contributed by atoms with Gasteiger partial charge >= 0.3 is 0 Å². The van der Waals surface area contributed by atoms with E-state index in [2.05, 4.69) is 134 Å². The molecule has 0 aromatic rings. The van der Waals surface area contributed by atoms with Crippen molar-refractivity contribution in [3.63, 3.8) is 0 Å². The summed E-state index contributed by atoms with van der Waals surface area (Å²) in [5.41, 5.74) is 0.163. The fourth-order valence-corrected chi connectivity index (χ4v) is 10.6. The van der Waals surface area contributed by atoms with Gasteiger partial charge in [0.25, 0.3) is 7.59 Å². The average Bonchev–Trinajstić information content (AvgIpc) is 2.66. The Morgan fingerprint density at radius 1 is 0.447 bits per heavy atom. The molecule has 3 saturated heterocycles. The minimum absolute atomic E-state index is 0.0271. The van der Waals surface area contributed by atoms with Gasteiger partial charge in [-0.1, -0.05) is 0 Å². The molecule has 3 aliphatic rings. The monoisotopic (exact) mass is 554 g/mol. The summed E-state index contributed by atoms with van der Waals surface area (Å²) >= 11 is 0. The van der Waals surface area contributed by atoms with Crippen LogP contribution in [0.1, 0.15) is 122 Å². The van der Waals surface area contributed by atoms with Gasteiger partial charge in [0.15, 0.2) is 0 Å². The quantitative estimate of drug-likeness (QED) is 0.358. The fourth-order valence-electron chi connectivity index (χ4n) is 8.27. The van der Waals surface area contributed by atoms with E-state index in [0.717, 1.165) is 38.5 Å². The predicted octanol–water partition coefficient (Wildman–Crippen LogP) is 5.82. The summed E-state index contributed by atoms with van der Waals surface area (Å²) in [5, 5.41) is 11.3. The standard InChI is InChI=1S/C30H63N6OP/c1-25(2)16-22(17-26(3,4)34(25)13)31-38(37,32-23-18-27(5,6)35(14)28(7,8)19-23)33-24-20-29(9,10)36(15)30(11,12)21-24/h22-24H,16-21H2,1-15H3,(H3,31,32,33,37). The average molecular weight is 555 g/mol. The van der Waals surface area contributed by atoms with Gasteiger partial charge < -0.3 is 0 Å². The summed E-state index contributed by atoms with van der Waals surface area (Å²) in [7, 11) is 3.57. The number of hydrogen-bond acceptors (Lipinski definition) is 4. The highest BCUT2D eigenvalue weighted by Gasteiger charge is 2.49. The van der Waals surface area contributed by atoms with Gasteiger partial charge in [-0.3, -0.25) is 19.3 Å². The molecular weight excluding hydrogens is 491 g/mol. The summed E-state index contributed by atoms with van der Waals surface area (Å²) in [5.74, 6) is 0. The molecule has 7 nitrogen and oxygen atoms in total. The molecule has 3 N–H and O–H groups in total. The fraction of sp³-hybridized carbons (Fsp3) is 1.00. The number of likely N-dealkylation sites (tertiary alicyclic amines) is 3. The van der Waals surface area contributed by atoms with Crippen molar-refractivity contribution in [1.82, 2.24) is 30.0 Å².